The summed E-state index contributed by atoms with van der Waals surface area (Å²) in [6.07, 6.45) is -8.72. The Morgan fingerprint density at radius 2 is 1.79 bits per heavy atom. The molecule has 0 radical (unpaired) electrons. The van der Waals surface area contributed by atoms with Crippen LogP contribution in [0.1, 0.15) is 23.3 Å². The zero-order valence-electron chi connectivity index (χ0n) is 20.6. The van der Waals surface area contributed by atoms with Crippen molar-refractivity contribution in [3.63, 3.8) is 0 Å². The first-order valence-electron chi connectivity index (χ1n) is 12.1. The summed E-state index contributed by atoms with van der Waals surface area (Å²) in [4.78, 5) is 41.7. The molecule has 2 saturated heterocycles. The lowest BCUT2D eigenvalue weighted by molar-refractivity contribution is -0.278. The molecule has 0 aliphatic carbocycles. The minimum absolute atomic E-state index is 0.125. The zero-order chi connectivity index (χ0) is 27.5. The van der Waals surface area contributed by atoms with Gasteiger partial charge in [0, 0.05) is 32.4 Å². The number of carbonyl (C=O) groups is 2. The summed E-state index contributed by atoms with van der Waals surface area (Å²) in [5.41, 5.74) is -0.831. The van der Waals surface area contributed by atoms with Gasteiger partial charge in [-0.2, -0.15) is 0 Å². The van der Waals surface area contributed by atoms with Gasteiger partial charge in [-0.25, -0.2) is 14.0 Å². The van der Waals surface area contributed by atoms with E-state index in [9.17, 15) is 34.8 Å². The summed E-state index contributed by atoms with van der Waals surface area (Å²) in [6.45, 7) is 4.47. The molecule has 3 aliphatic rings. The van der Waals surface area contributed by atoms with Crippen LogP contribution >= 0.6 is 0 Å². The number of hydrogen-bond acceptors (Lipinski definition) is 11. The molecule has 38 heavy (non-hydrogen) atoms. The molecule has 4 unspecified atom stereocenters. The van der Waals surface area contributed by atoms with Gasteiger partial charge in [0.25, 0.3) is 0 Å². The number of esters is 1. The number of carboxylic acids is 1. The molecule has 13 nitrogen and oxygen atoms in total. The molecule has 2 fully saturated rings. The SMILES string of the molecule is CC1COc2c(N3CCN(C)CC3)c(F)cc3c(=O)c(C(=O)O[C@@H]4OC(C(=O)O)[C@@H](O)C(O)C4O)cn1c23. The number of benzene rings is 1. The summed E-state index contributed by atoms with van der Waals surface area (Å²) >= 11 is 0. The van der Waals surface area contributed by atoms with Gasteiger partial charge in [0.05, 0.1) is 16.9 Å². The third-order valence-electron chi connectivity index (χ3n) is 7.22. The molecule has 3 aliphatic heterocycles. The number of nitrogens with zero attached hydrogens (tertiary/aromatic N) is 3. The molecule has 4 N–H and O–H groups in total. The van der Waals surface area contributed by atoms with Crippen molar-refractivity contribution < 1.29 is 48.6 Å². The van der Waals surface area contributed by atoms with Crippen molar-refractivity contribution >= 4 is 28.5 Å². The average Bonchev–Trinajstić information content (AvgIpc) is 2.88. The Kier molecular flexibility index (Phi) is 6.77. The predicted octanol–water partition coefficient (Wildman–Crippen LogP) is -1.11. The number of aliphatic hydroxyl groups excluding tert-OH is 3. The maximum atomic E-state index is 15.5. The van der Waals surface area contributed by atoms with Gasteiger partial charge >= 0.3 is 11.9 Å². The second-order valence-electron chi connectivity index (χ2n) is 9.80. The first-order chi connectivity index (χ1) is 18.0. The fourth-order valence-corrected chi connectivity index (χ4v) is 5.00. The monoisotopic (exact) mass is 537 g/mol. The van der Waals surface area contributed by atoms with Gasteiger partial charge in [-0.3, -0.25) is 4.79 Å². The van der Waals surface area contributed by atoms with E-state index in [1.807, 2.05) is 11.9 Å². The van der Waals surface area contributed by atoms with Crippen LogP contribution in [-0.2, 0) is 14.3 Å². The number of likely N-dealkylation sites (N-methyl/N-ethyl adjacent to an activating group) is 1. The van der Waals surface area contributed by atoms with Crippen molar-refractivity contribution in [2.75, 3.05) is 44.7 Å². The van der Waals surface area contributed by atoms with Gasteiger partial charge in [0.2, 0.25) is 11.7 Å². The molecule has 5 rings (SSSR count). The lowest BCUT2D eigenvalue weighted by Gasteiger charge is -2.38. The number of carbonyl (C=O) groups excluding carboxylic acids is 1. The molecule has 0 bridgehead atoms. The molecule has 1 aromatic heterocycles. The topological polar surface area (TPSA) is 171 Å². The predicted molar refractivity (Wildman–Crippen MR) is 128 cm³/mol. The molecule has 206 valence electrons. The summed E-state index contributed by atoms with van der Waals surface area (Å²) in [6, 6.07) is 0.698. The summed E-state index contributed by atoms with van der Waals surface area (Å²) in [7, 11) is 1.97. The number of rotatable bonds is 4. The third-order valence-corrected chi connectivity index (χ3v) is 7.22. The Balaban J connectivity index is 1.54. The normalized spacial score (nSPS) is 29.7. The molecule has 0 saturated carbocycles. The van der Waals surface area contributed by atoms with Crippen LogP contribution in [0, 0.1) is 5.82 Å². The molecule has 6 atom stereocenters. The highest BCUT2D eigenvalue weighted by Crippen LogP contribution is 2.42. The number of aliphatic carboxylic acids is 1. The lowest BCUT2D eigenvalue weighted by atomic mass is 9.99. The molecule has 0 amide bonds. The Labute approximate surface area is 215 Å². The number of piperazine rings is 1. The fraction of sp³-hybridized carbons (Fsp3) is 0.542. The quantitative estimate of drug-likeness (QED) is 0.348. The van der Waals surface area contributed by atoms with E-state index >= 15 is 4.39 Å². The number of ether oxygens (including phenoxy) is 3. The maximum Gasteiger partial charge on any atom is 0.346 e. The molecule has 14 heteroatoms. The van der Waals surface area contributed by atoms with Crippen LogP contribution in [0.2, 0.25) is 0 Å². The van der Waals surface area contributed by atoms with Crippen molar-refractivity contribution in [3.05, 3.63) is 33.9 Å². The summed E-state index contributed by atoms with van der Waals surface area (Å²) in [5.74, 6) is -3.44. The molecule has 1 aromatic carbocycles. The number of hydrogen-bond donors (Lipinski definition) is 4. The van der Waals surface area contributed by atoms with E-state index in [-0.39, 0.29) is 29.5 Å². The van der Waals surface area contributed by atoms with Gasteiger partial charge < -0.3 is 49.0 Å². The van der Waals surface area contributed by atoms with Gasteiger partial charge in [0.1, 0.15) is 36.2 Å². The number of aliphatic hydroxyl groups is 3. The Morgan fingerprint density at radius 1 is 1.11 bits per heavy atom. The van der Waals surface area contributed by atoms with Crippen LogP contribution in [-0.4, -0.2) is 112 Å². The number of carboxylic acid groups (broad SMARTS) is 1. The standard InChI is InChI=1S/C24H28FN3O10/c1-10-9-36-20-14-11(7-13(25)15(20)27-5-3-26(2)4-6-27)16(29)12(8-28(10)14)23(35)38-24-19(32)17(30)18(31)21(37-24)22(33)34/h7-8,10,17-19,21,24,30-32H,3-6,9H2,1-2H3,(H,33,34)/t10?,17?,18-,19?,21?,24-/m0/s1. The fourth-order valence-electron chi connectivity index (χ4n) is 5.00. The smallest absolute Gasteiger partial charge is 0.346 e. The Morgan fingerprint density at radius 3 is 2.45 bits per heavy atom. The first kappa shape index (κ1) is 26.3. The van der Waals surface area contributed by atoms with E-state index in [1.165, 1.54) is 6.20 Å². The molecular formula is C24H28FN3O10. The van der Waals surface area contributed by atoms with Crippen molar-refractivity contribution in [1.82, 2.24) is 9.47 Å². The van der Waals surface area contributed by atoms with Crippen LogP contribution in [0.5, 0.6) is 5.75 Å². The highest BCUT2D eigenvalue weighted by molar-refractivity contribution is 5.98. The average molecular weight is 537 g/mol. The third kappa shape index (κ3) is 4.27. The summed E-state index contributed by atoms with van der Waals surface area (Å²) < 4.78 is 33.0. The number of halogens is 1. The minimum atomic E-state index is -2.00. The second-order valence-corrected chi connectivity index (χ2v) is 9.80. The maximum absolute atomic E-state index is 15.5. The number of pyridine rings is 1. The molecule has 4 heterocycles. The lowest BCUT2D eigenvalue weighted by Crippen LogP contribution is -2.60. The van der Waals surface area contributed by atoms with E-state index in [2.05, 4.69) is 4.90 Å². The highest BCUT2D eigenvalue weighted by atomic mass is 19.1. The van der Waals surface area contributed by atoms with Crippen molar-refractivity contribution in [2.24, 2.45) is 0 Å². The Hall–Kier alpha value is -3.30. The van der Waals surface area contributed by atoms with E-state index in [4.69, 9.17) is 14.2 Å². The largest absolute Gasteiger partial charge is 0.487 e. The van der Waals surface area contributed by atoms with Crippen LogP contribution in [0.3, 0.4) is 0 Å². The zero-order valence-corrected chi connectivity index (χ0v) is 20.6. The van der Waals surface area contributed by atoms with E-state index in [0.717, 1.165) is 6.07 Å². The Bertz CT molecular complexity index is 1340. The van der Waals surface area contributed by atoms with E-state index in [0.29, 0.717) is 31.7 Å². The summed E-state index contributed by atoms with van der Waals surface area (Å²) in [5, 5.41) is 39.1. The number of anilines is 1. The van der Waals surface area contributed by atoms with Crippen LogP contribution in [0.25, 0.3) is 10.9 Å². The van der Waals surface area contributed by atoms with Crippen LogP contribution < -0.4 is 15.1 Å². The second kappa shape index (κ2) is 9.78. The van der Waals surface area contributed by atoms with Crippen molar-refractivity contribution in [2.45, 2.75) is 43.7 Å². The first-order valence-corrected chi connectivity index (χ1v) is 12.1. The highest BCUT2D eigenvalue weighted by Gasteiger charge is 2.49. The van der Waals surface area contributed by atoms with Crippen molar-refractivity contribution in [1.29, 1.82) is 0 Å². The van der Waals surface area contributed by atoms with E-state index < -0.39 is 59.5 Å². The van der Waals surface area contributed by atoms with Gasteiger partial charge in [0.15, 0.2) is 17.7 Å². The minimum Gasteiger partial charge on any atom is -0.487 e. The molecular weight excluding hydrogens is 509 g/mol. The van der Waals surface area contributed by atoms with Gasteiger partial charge in [-0.1, -0.05) is 0 Å². The number of aromatic nitrogens is 1. The van der Waals surface area contributed by atoms with Crippen molar-refractivity contribution in [3.8, 4) is 5.75 Å². The molecule has 0 spiro atoms. The van der Waals surface area contributed by atoms with Crippen LogP contribution in [0.15, 0.2) is 17.1 Å². The molecule has 2 aromatic rings. The van der Waals surface area contributed by atoms with E-state index in [1.54, 1.807) is 11.5 Å². The van der Waals surface area contributed by atoms with Gasteiger partial charge in [-0.15, -0.1) is 0 Å². The van der Waals surface area contributed by atoms with Gasteiger partial charge in [-0.05, 0) is 20.0 Å². The van der Waals surface area contributed by atoms with Crippen LogP contribution in [0.4, 0.5) is 10.1 Å².